The van der Waals surface area contributed by atoms with Crippen molar-refractivity contribution >= 4 is 12.4 Å². The fraction of sp³-hybridized carbons (Fsp3) is 0.143. The third-order valence-electron chi connectivity index (χ3n) is 1.25. The number of rotatable bonds is 1. The first-order chi connectivity index (χ1) is 4.75. The van der Waals surface area contributed by atoms with Crippen molar-refractivity contribution < 1.29 is 8.78 Å². The van der Waals surface area contributed by atoms with Crippen LogP contribution in [-0.2, 0) is 6.54 Å². The Morgan fingerprint density at radius 2 is 1.91 bits per heavy atom. The largest absolute Gasteiger partial charge is 0.326 e. The van der Waals surface area contributed by atoms with E-state index in [2.05, 4.69) is 0 Å². The Hall–Kier alpha value is -0.670. The summed E-state index contributed by atoms with van der Waals surface area (Å²) in [6, 6.07) is 3.95. The van der Waals surface area contributed by atoms with Gasteiger partial charge in [0.15, 0.2) is 11.6 Å². The van der Waals surface area contributed by atoms with E-state index in [1.807, 2.05) is 0 Å². The molecular formula is C7H8ClF2N. The van der Waals surface area contributed by atoms with Gasteiger partial charge in [-0.25, -0.2) is 8.78 Å². The summed E-state index contributed by atoms with van der Waals surface area (Å²) in [5, 5.41) is 0. The van der Waals surface area contributed by atoms with Crippen molar-refractivity contribution in [2.75, 3.05) is 0 Å². The lowest BCUT2D eigenvalue weighted by atomic mass is 10.2. The number of hydrogen-bond acceptors (Lipinski definition) is 1. The van der Waals surface area contributed by atoms with Gasteiger partial charge in [-0.2, -0.15) is 0 Å². The fourth-order valence-corrected chi connectivity index (χ4v) is 0.706. The normalized spacial score (nSPS) is 9.00. The number of nitrogens with two attached hydrogens (primary N) is 1. The van der Waals surface area contributed by atoms with E-state index in [-0.39, 0.29) is 24.5 Å². The van der Waals surface area contributed by atoms with Crippen LogP contribution in [0.3, 0.4) is 0 Å². The first-order valence-electron chi connectivity index (χ1n) is 2.88. The molecule has 0 aliphatic carbocycles. The molecule has 4 heteroatoms. The van der Waals surface area contributed by atoms with Crippen LogP contribution in [0.4, 0.5) is 8.78 Å². The maximum atomic E-state index is 12.5. The van der Waals surface area contributed by atoms with Crippen molar-refractivity contribution in [3.05, 3.63) is 35.4 Å². The van der Waals surface area contributed by atoms with Gasteiger partial charge in [0.2, 0.25) is 0 Å². The van der Waals surface area contributed by atoms with Gasteiger partial charge >= 0.3 is 0 Å². The van der Waals surface area contributed by atoms with Crippen molar-refractivity contribution in [2.45, 2.75) is 6.54 Å². The van der Waals surface area contributed by atoms with E-state index in [1.54, 1.807) is 0 Å². The van der Waals surface area contributed by atoms with E-state index in [1.165, 1.54) is 12.1 Å². The molecule has 0 aliphatic rings. The molecule has 0 radical (unpaired) electrons. The van der Waals surface area contributed by atoms with Gasteiger partial charge in [-0.1, -0.05) is 12.1 Å². The summed E-state index contributed by atoms with van der Waals surface area (Å²) in [4.78, 5) is 0. The molecule has 0 heterocycles. The molecular weight excluding hydrogens is 172 g/mol. The van der Waals surface area contributed by atoms with Gasteiger partial charge in [0, 0.05) is 12.1 Å². The summed E-state index contributed by atoms with van der Waals surface area (Å²) in [5.74, 6) is -1.69. The second-order valence-electron chi connectivity index (χ2n) is 1.92. The molecule has 0 spiro atoms. The van der Waals surface area contributed by atoms with Crippen molar-refractivity contribution in [3.63, 3.8) is 0 Å². The molecule has 62 valence electrons. The van der Waals surface area contributed by atoms with E-state index in [9.17, 15) is 8.78 Å². The summed E-state index contributed by atoms with van der Waals surface area (Å²) in [6.07, 6.45) is 0. The zero-order valence-corrected chi connectivity index (χ0v) is 6.50. The van der Waals surface area contributed by atoms with Crippen molar-refractivity contribution in [2.24, 2.45) is 5.73 Å². The van der Waals surface area contributed by atoms with Crippen LogP contribution in [0.1, 0.15) is 5.56 Å². The van der Waals surface area contributed by atoms with E-state index >= 15 is 0 Å². The minimum absolute atomic E-state index is 0. The van der Waals surface area contributed by atoms with Gasteiger partial charge in [-0.3, -0.25) is 0 Å². The van der Waals surface area contributed by atoms with Crippen LogP contribution in [0, 0.1) is 11.6 Å². The molecule has 0 unspecified atom stereocenters. The van der Waals surface area contributed by atoms with E-state index in [0.717, 1.165) is 6.07 Å². The molecule has 1 aromatic carbocycles. The molecule has 1 rings (SSSR count). The highest BCUT2D eigenvalue weighted by molar-refractivity contribution is 5.85. The summed E-state index contributed by atoms with van der Waals surface area (Å²) >= 11 is 0. The Labute approximate surface area is 69.6 Å². The van der Waals surface area contributed by atoms with Gasteiger partial charge in [0.1, 0.15) is 0 Å². The van der Waals surface area contributed by atoms with Crippen LogP contribution in [0.15, 0.2) is 18.2 Å². The van der Waals surface area contributed by atoms with E-state index in [4.69, 9.17) is 5.73 Å². The Morgan fingerprint density at radius 3 is 2.36 bits per heavy atom. The summed E-state index contributed by atoms with van der Waals surface area (Å²) in [5.41, 5.74) is 5.32. The Morgan fingerprint density at radius 1 is 1.27 bits per heavy atom. The lowest BCUT2D eigenvalue weighted by molar-refractivity contribution is 0.499. The second kappa shape index (κ2) is 4.26. The molecule has 1 aromatic rings. The molecule has 0 saturated heterocycles. The van der Waals surface area contributed by atoms with Gasteiger partial charge in [-0.05, 0) is 6.07 Å². The van der Waals surface area contributed by atoms with Crippen LogP contribution in [-0.4, -0.2) is 0 Å². The van der Waals surface area contributed by atoms with Gasteiger partial charge < -0.3 is 5.73 Å². The quantitative estimate of drug-likeness (QED) is 0.700. The summed E-state index contributed by atoms with van der Waals surface area (Å²) in [6.45, 7) is 0.0313. The first-order valence-corrected chi connectivity index (χ1v) is 2.88. The molecule has 0 bridgehead atoms. The molecule has 0 aromatic heterocycles. The summed E-state index contributed by atoms with van der Waals surface area (Å²) in [7, 11) is 0. The highest BCUT2D eigenvalue weighted by atomic mass is 35.5. The topological polar surface area (TPSA) is 26.0 Å². The Bertz CT molecular complexity index is 240. The zero-order chi connectivity index (χ0) is 7.56. The maximum Gasteiger partial charge on any atom is 0.163 e. The smallest absolute Gasteiger partial charge is 0.163 e. The summed E-state index contributed by atoms with van der Waals surface area (Å²) < 4.78 is 24.9. The Balaban J connectivity index is 0.000001000. The third kappa shape index (κ3) is 2.13. The minimum Gasteiger partial charge on any atom is -0.326 e. The third-order valence-corrected chi connectivity index (χ3v) is 1.25. The highest BCUT2D eigenvalue weighted by Gasteiger charge is 2.03. The average molecular weight is 180 g/mol. The van der Waals surface area contributed by atoms with Gasteiger partial charge in [0.25, 0.3) is 0 Å². The Kier molecular flexibility index (Phi) is 4.00. The number of benzene rings is 1. The van der Waals surface area contributed by atoms with Crippen molar-refractivity contribution in [1.82, 2.24) is 0 Å². The van der Waals surface area contributed by atoms with Crippen LogP contribution in [0.5, 0.6) is 0 Å². The van der Waals surface area contributed by atoms with Gasteiger partial charge in [-0.15, -0.1) is 12.4 Å². The van der Waals surface area contributed by atoms with E-state index < -0.39 is 11.6 Å². The lowest BCUT2D eigenvalue weighted by Gasteiger charge is -1.97. The standard InChI is InChI=1S/C7H7F2N.ClH/c8-6-3-1-2-5(4-10)7(6)9;/h1-3H,4,10H2;1H. The van der Waals surface area contributed by atoms with Crippen LogP contribution < -0.4 is 5.73 Å². The monoisotopic (exact) mass is 179 g/mol. The average Bonchev–Trinajstić information content (AvgIpc) is 1.95. The molecule has 0 fully saturated rings. The molecule has 0 atom stereocenters. The molecule has 0 aliphatic heterocycles. The van der Waals surface area contributed by atoms with Crippen molar-refractivity contribution in [1.29, 1.82) is 0 Å². The van der Waals surface area contributed by atoms with Gasteiger partial charge in [0.05, 0.1) is 0 Å². The predicted octanol–water partition coefficient (Wildman–Crippen LogP) is 1.85. The number of halogens is 3. The van der Waals surface area contributed by atoms with E-state index in [0.29, 0.717) is 0 Å². The fourth-order valence-electron chi connectivity index (χ4n) is 0.706. The molecule has 1 nitrogen and oxygen atoms in total. The van der Waals surface area contributed by atoms with Crippen LogP contribution in [0.2, 0.25) is 0 Å². The molecule has 11 heavy (non-hydrogen) atoms. The maximum absolute atomic E-state index is 12.5. The molecule has 0 amide bonds. The zero-order valence-electron chi connectivity index (χ0n) is 5.68. The number of hydrogen-bond donors (Lipinski definition) is 1. The van der Waals surface area contributed by atoms with Crippen LogP contribution in [0.25, 0.3) is 0 Å². The molecule has 0 saturated carbocycles. The first kappa shape index (κ1) is 10.3. The highest BCUT2D eigenvalue weighted by Crippen LogP contribution is 2.09. The second-order valence-corrected chi connectivity index (χ2v) is 1.92. The minimum atomic E-state index is -0.844. The SMILES string of the molecule is Cl.NCc1cccc(F)c1F. The van der Waals surface area contributed by atoms with Crippen LogP contribution >= 0.6 is 12.4 Å². The lowest BCUT2D eigenvalue weighted by Crippen LogP contribution is -2.00. The van der Waals surface area contributed by atoms with Crippen molar-refractivity contribution in [3.8, 4) is 0 Å². The molecule has 2 N–H and O–H groups in total. The predicted molar refractivity (Wildman–Crippen MR) is 41.5 cm³/mol.